The number of halogens is 2. The Morgan fingerprint density at radius 2 is 1.95 bits per heavy atom. The maximum atomic E-state index is 13.0. The highest BCUT2D eigenvalue weighted by molar-refractivity contribution is 7.14. The normalized spacial score (nSPS) is 10.2. The standard InChI is InChI=1S/C13H10F2N2O3S/c1-20-11(18)5-10-6-21-13(16-10)17-12(19)7-2-8(14)4-9(15)3-7/h2-4,6H,5H2,1H3,(H,16,17,19). The number of aromatic nitrogens is 1. The van der Waals surface area contributed by atoms with Crippen LogP contribution in [0.5, 0.6) is 0 Å². The van der Waals surface area contributed by atoms with Crippen LogP contribution in [-0.4, -0.2) is 24.0 Å². The van der Waals surface area contributed by atoms with E-state index in [0.29, 0.717) is 11.8 Å². The van der Waals surface area contributed by atoms with E-state index in [4.69, 9.17) is 0 Å². The molecule has 0 saturated carbocycles. The van der Waals surface area contributed by atoms with Gasteiger partial charge >= 0.3 is 5.97 Å². The molecule has 0 fully saturated rings. The van der Waals surface area contributed by atoms with E-state index in [-0.39, 0.29) is 17.1 Å². The van der Waals surface area contributed by atoms with Crippen LogP contribution in [0, 0.1) is 11.6 Å². The Morgan fingerprint density at radius 3 is 2.57 bits per heavy atom. The topological polar surface area (TPSA) is 68.3 Å². The van der Waals surface area contributed by atoms with Crippen molar-refractivity contribution in [3.63, 3.8) is 0 Å². The van der Waals surface area contributed by atoms with Crippen molar-refractivity contribution < 1.29 is 23.1 Å². The number of anilines is 1. The predicted molar refractivity (Wildman–Crippen MR) is 72.1 cm³/mol. The first-order chi connectivity index (χ1) is 9.97. The van der Waals surface area contributed by atoms with Crippen LogP contribution >= 0.6 is 11.3 Å². The van der Waals surface area contributed by atoms with Crippen LogP contribution < -0.4 is 5.32 Å². The molecule has 8 heteroatoms. The molecule has 0 aliphatic heterocycles. The van der Waals surface area contributed by atoms with Crippen LogP contribution in [-0.2, 0) is 16.0 Å². The molecule has 2 aromatic rings. The lowest BCUT2D eigenvalue weighted by Crippen LogP contribution is -2.12. The van der Waals surface area contributed by atoms with Crippen LogP contribution in [0.1, 0.15) is 16.1 Å². The number of hydrogen-bond donors (Lipinski definition) is 1. The summed E-state index contributed by atoms with van der Waals surface area (Å²) in [5.74, 6) is -2.82. The van der Waals surface area contributed by atoms with E-state index in [0.717, 1.165) is 23.5 Å². The third kappa shape index (κ3) is 4.06. The minimum absolute atomic E-state index is 0.0164. The number of esters is 1. The van der Waals surface area contributed by atoms with Crippen molar-refractivity contribution in [1.82, 2.24) is 4.98 Å². The van der Waals surface area contributed by atoms with E-state index in [1.807, 2.05) is 0 Å². The summed E-state index contributed by atoms with van der Waals surface area (Å²) in [6.07, 6.45) is -0.0164. The highest BCUT2D eigenvalue weighted by atomic mass is 32.1. The summed E-state index contributed by atoms with van der Waals surface area (Å²) in [5.41, 5.74) is 0.282. The van der Waals surface area contributed by atoms with E-state index in [1.54, 1.807) is 5.38 Å². The minimum atomic E-state index is -0.842. The number of benzene rings is 1. The highest BCUT2D eigenvalue weighted by Gasteiger charge is 2.13. The number of nitrogens with zero attached hydrogens (tertiary/aromatic N) is 1. The molecule has 2 rings (SSSR count). The van der Waals surface area contributed by atoms with Gasteiger partial charge in [-0.1, -0.05) is 0 Å². The first-order valence-corrected chi connectivity index (χ1v) is 6.64. The monoisotopic (exact) mass is 312 g/mol. The number of carbonyl (C=O) groups is 2. The number of rotatable bonds is 4. The van der Waals surface area contributed by atoms with Gasteiger partial charge in [-0.25, -0.2) is 13.8 Å². The van der Waals surface area contributed by atoms with Crippen LogP contribution in [0.4, 0.5) is 13.9 Å². The quantitative estimate of drug-likeness (QED) is 0.880. The molecule has 1 heterocycles. The molecule has 0 unspecified atom stereocenters. The number of nitrogens with one attached hydrogen (secondary N) is 1. The zero-order chi connectivity index (χ0) is 15.4. The number of carbonyl (C=O) groups excluding carboxylic acids is 2. The highest BCUT2D eigenvalue weighted by Crippen LogP contribution is 2.18. The first kappa shape index (κ1) is 15.0. The fourth-order valence-electron chi connectivity index (χ4n) is 1.52. The van der Waals surface area contributed by atoms with Gasteiger partial charge in [0.2, 0.25) is 0 Å². The number of ether oxygens (including phenoxy) is 1. The Kier molecular flexibility index (Phi) is 4.59. The molecule has 1 aromatic heterocycles. The maximum absolute atomic E-state index is 13.0. The molecule has 0 bridgehead atoms. The van der Waals surface area contributed by atoms with Crippen LogP contribution in [0.3, 0.4) is 0 Å². The molecule has 0 atom stereocenters. The average Bonchev–Trinajstić information content (AvgIpc) is 2.84. The van der Waals surface area contributed by atoms with Gasteiger partial charge in [0.1, 0.15) is 11.6 Å². The molecule has 21 heavy (non-hydrogen) atoms. The number of thiazole rings is 1. The summed E-state index contributed by atoms with van der Waals surface area (Å²) in [5, 5.41) is 4.21. The van der Waals surface area contributed by atoms with E-state index < -0.39 is 23.5 Å². The molecule has 0 aliphatic rings. The molecule has 0 spiro atoms. The van der Waals surface area contributed by atoms with Crippen LogP contribution in [0.15, 0.2) is 23.6 Å². The predicted octanol–water partition coefficient (Wildman–Crippen LogP) is 2.39. The van der Waals surface area contributed by atoms with Gasteiger partial charge in [-0.05, 0) is 12.1 Å². The summed E-state index contributed by atoms with van der Waals surface area (Å²) in [4.78, 5) is 26.9. The second-order valence-electron chi connectivity index (χ2n) is 4.01. The molecular formula is C13H10F2N2O3S. The lowest BCUT2D eigenvalue weighted by molar-refractivity contribution is -0.139. The fraction of sp³-hybridized carbons (Fsp3) is 0.154. The van der Waals surface area contributed by atoms with Crippen LogP contribution in [0.2, 0.25) is 0 Å². The van der Waals surface area contributed by atoms with Crippen molar-refractivity contribution in [1.29, 1.82) is 0 Å². The van der Waals surface area contributed by atoms with Crippen molar-refractivity contribution in [2.45, 2.75) is 6.42 Å². The van der Waals surface area contributed by atoms with Gasteiger partial charge < -0.3 is 4.74 Å². The van der Waals surface area contributed by atoms with Gasteiger partial charge in [0.05, 0.1) is 19.2 Å². The third-order valence-electron chi connectivity index (χ3n) is 2.45. The summed E-state index contributed by atoms with van der Waals surface area (Å²) >= 11 is 1.10. The molecule has 1 amide bonds. The SMILES string of the molecule is COC(=O)Cc1csc(NC(=O)c2cc(F)cc(F)c2)n1. The Bertz CT molecular complexity index is 668. The molecule has 5 nitrogen and oxygen atoms in total. The Balaban J connectivity index is 2.07. The minimum Gasteiger partial charge on any atom is -0.469 e. The lowest BCUT2D eigenvalue weighted by atomic mass is 10.2. The molecular weight excluding hydrogens is 302 g/mol. The van der Waals surface area contributed by atoms with E-state index in [1.165, 1.54) is 7.11 Å². The first-order valence-electron chi connectivity index (χ1n) is 5.76. The van der Waals surface area contributed by atoms with Crippen LogP contribution in [0.25, 0.3) is 0 Å². The van der Waals surface area contributed by atoms with Gasteiger partial charge in [0.25, 0.3) is 5.91 Å². The fourth-order valence-corrected chi connectivity index (χ4v) is 2.23. The molecule has 1 aromatic carbocycles. The number of hydrogen-bond acceptors (Lipinski definition) is 5. The Hall–Kier alpha value is -2.35. The zero-order valence-corrected chi connectivity index (χ0v) is 11.7. The summed E-state index contributed by atoms with van der Waals surface area (Å²) in [7, 11) is 1.26. The van der Waals surface area contributed by atoms with E-state index >= 15 is 0 Å². The van der Waals surface area contributed by atoms with Crippen molar-refractivity contribution >= 4 is 28.3 Å². The van der Waals surface area contributed by atoms with Gasteiger partial charge in [-0.2, -0.15) is 0 Å². The Labute approximate surface area is 122 Å². The maximum Gasteiger partial charge on any atom is 0.311 e. The summed E-state index contributed by atoms with van der Waals surface area (Å²) in [6, 6.07) is 2.51. The average molecular weight is 312 g/mol. The van der Waals surface area contributed by atoms with E-state index in [2.05, 4.69) is 15.0 Å². The van der Waals surface area contributed by atoms with Crippen molar-refractivity contribution in [2.75, 3.05) is 12.4 Å². The van der Waals surface area contributed by atoms with Gasteiger partial charge in [-0.15, -0.1) is 11.3 Å². The van der Waals surface area contributed by atoms with E-state index in [9.17, 15) is 18.4 Å². The molecule has 0 saturated heterocycles. The third-order valence-corrected chi connectivity index (χ3v) is 3.26. The van der Waals surface area contributed by atoms with Gasteiger partial charge in [-0.3, -0.25) is 14.9 Å². The summed E-state index contributed by atoms with van der Waals surface area (Å²) in [6.45, 7) is 0. The number of methoxy groups -OCH3 is 1. The molecule has 110 valence electrons. The second kappa shape index (κ2) is 6.40. The van der Waals surface area contributed by atoms with Crippen molar-refractivity contribution in [2.24, 2.45) is 0 Å². The van der Waals surface area contributed by atoms with Gasteiger partial charge in [0.15, 0.2) is 5.13 Å². The largest absolute Gasteiger partial charge is 0.469 e. The second-order valence-corrected chi connectivity index (χ2v) is 4.87. The van der Waals surface area contributed by atoms with Crippen molar-refractivity contribution in [3.05, 3.63) is 46.5 Å². The molecule has 0 aliphatic carbocycles. The smallest absolute Gasteiger partial charge is 0.311 e. The van der Waals surface area contributed by atoms with Gasteiger partial charge in [0, 0.05) is 17.0 Å². The zero-order valence-electron chi connectivity index (χ0n) is 10.9. The molecule has 0 radical (unpaired) electrons. The lowest BCUT2D eigenvalue weighted by Gasteiger charge is -2.02. The Morgan fingerprint density at radius 1 is 1.29 bits per heavy atom. The molecule has 1 N–H and O–H groups in total. The number of amides is 1. The van der Waals surface area contributed by atoms with Crippen molar-refractivity contribution in [3.8, 4) is 0 Å². The summed E-state index contributed by atoms with van der Waals surface area (Å²) < 4.78 is 30.6.